The summed E-state index contributed by atoms with van der Waals surface area (Å²) in [7, 11) is 1.48. The second-order valence-corrected chi connectivity index (χ2v) is 9.23. The Labute approximate surface area is 205 Å². The minimum Gasteiger partial charge on any atom is -0.481 e. The molecule has 2 amide bonds. The summed E-state index contributed by atoms with van der Waals surface area (Å²) in [4.78, 5) is 36.1. The number of rotatable bonds is 9. The lowest BCUT2D eigenvalue weighted by Crippen LogP contribution is -2.43. The molecule has 186 valence electrons. The van der Waals surface area contributed by atoms with Crippen molar-refractivity contribution >= 4 is 18.0 Å². The van der Waals surface area contributed by atoms with Gasteiger partial charge in [0.05, 0.1) is 18.4 Å². The van der Waals surface area contributed by atoms with E-state index in [1.807, 2.05) is 24.3 Å². The molecule has 8 heteroatoms. The van der Waals surface area contributed by atoms with E-state index in [1.165, 1.54) is 7.11 Å². The lowest BCUT2D eigenvalue weighted by Gasteiger charge is -2.28. The van der Waals surface area contributed by atoms with Crippen molar-refractivity contribution in [2.75, 3.05) is 20.3 Å². The van der Waals surface area contributed by atoms with Crippen LogP contribution >= 0.6 is 0 Å². The summed E-state index contributed by atoms with van der Waals surface area (Å²) >= 11 is 0. The van der Waals surface area contributed by atoms with Gasteiger partial charge in [0, 0.05) is 25.6 Å². The second-order valence-electron chi connectivity index (χ2n) is 9.23. The lowest BCUT2D eigenvalue weighted by molar-refractivity contribution is -0.143. The number of hydrogen-bond acceptors (Lipinski definition) is 5. The number of alkyl carbamates (subject to hydrolysis) is 1. The van der Waals surface area contributed by atoms with Crippen LogP contribution in [0.4, 0.5) is 4.79 Å². The summed E-state index contributed by atoms with van der Waals surface area (Å²) in [5, 5.41) is 14.8. The van der Waals surface area contributed by atoms with Crippen molar-refractivity contribution in [3.63, 3.8) is 0 Å². The Bertz CT molecular complexity index is 1030. The van der Waals surface area contributed by atoms with Crippen LogP contribution in [0, 0.1) is 5.92 Å². The number of nitrogens with one attached hydrogen (secondary N) is 2. The quantitative estimate of drug-likeness (QED) is 0.504. The van der Waals surface area contributed by atoms with Crippen LogP contribution in [-0.2, 0) is 19.1 Å². The number of ether oxygens (including phenoxy) is 2. The molecule has 3 N–H and O–H groups in total. The zero-order chi connectivity index (χ0) is 24.8. The van der Waals surface area contributed by atoms with E-state index < -0.39 is 24.1 Å². The van der Waals surface area contributed by atoms with E-state index in [-0.39, 0.29) is 37.4 Å². The Balaban J connectivity index is 1.24. The van der Waals surface area contributed by atoms with Gasteiger partial charge in [-0.15, -0.1) is 0 Å². The van der Waals surface area contributed by atoms with Gasteiger partial charge in [0.25, 0.3) is 0 Å². The molecule has 1 saturated carbocycles. The smallest absolute Gasteiger partial charge is 0.407 e. The lowest BCUT2D eigenvalue weighted by atomic mass is 9.85. The average molecular weight is 481 g/mol. The summed E-state index contributed by atoms with van der Waals surface area (Å²) in [6.07, 6.45) is 1.61. The van der Waals surface area contributed by atoms with E-state index in [9.17, 15) is 19.5 Å². The summed E-state index contributed by atoms with van der Waals surface area (Å²) < 4.78 is 10.9. The van der Waals surface area contributed by atoms with Crippen LogP contribution in [-0.4, -0.2) is 55.5 Å². The third kappa shape index (κ3) is 6.00. The highest BCUT2D eigenvalue weighted by molar-refractivity contribution is 5.79. The highest BCUT2D eigenvalue weighted by atomic mass is 16.5. The third-order valence-electron chi connectivity index (χ3n) is 6.95. The number of carbonyl (C=O) groups excluding carboxylic acids is 2. The first-order valence-corrected chi connectivity index (χ1v) is 12.1. The normalized spacial score (nSPS) is 19.8. The number of methoxy groups -OCH3 is 1. The average Bonchev–Trinajstić information content (AvgIpc) is 3.19. The van der Waals surface area contributed by atoms with Gasteiger partial charge in [-0.1, -0.05) is 55.0 Å². The third-order valence-corrected chi connectivity index (χ3v) is 6.95. The van der Waals surface area contributed by atoms with Crippen LogP contribution in [0.5, 0.6) is 0 Å². The molecule has 0 bridgehead atoms. The number of benzene rings is 2. The van der Waals surface area contributed by atoms with Gasteiger partial charge in [-0.05, 0) is 41.5 Å². The van der Waals surface area contributed by atoms with E-state index in [2.05, 4.69) is 34.9 Å². The van der Waals surface area contributed by atoms with Crippen LogP contribution in [0.2, 0.25) is 0 Å². The minimum absolute atomic E-state index is 0.0257. The van der Waals surface area contributed by atoms with Crippen LogP contribution in [0.1, 0.15) is 49.1 Å². The summed E-state index contributed by atoms with van der Waals surface area (Å²) in [6.45, 7) is 0.341. The van der Waals surface area contributed by atoms with Gasteiger partial charge in [-0.2, -0.15) is 0 Å². The molecule has 2 aliphatic rings. The molecule has 8 nitrogen and oxygen atoms in total. The molecule has 2 aromatic rings. The molecule has 0 spiro atoms. The van der Waals surface area contributed by atoms with Crippen molar-refractivity contribution < 1.29 is 29.0 Å². The van der Waals surface area contributed by atoms with Gasteiger partial charge in [-0.3, -0.25) is 9.59 Å². The fraction of sp³-hybridized carbons (Fsp3) is 0.444. The molecule has 2 aromatic carbocycles. The standard InChI is InChI=1S/C27H32N2O6/c1-34-19(14-25(30)29-18-8-6-7-17(13-18)26(31)32)15-28-27(33)35-16-24-22-11-4-2-9-20(22)21-10-3-5-12-23(21)24/h2-5,9-12,17-19,24H,6-8,13-16H2,1H3,(H,28,33)(H,29,30)(H,31,32)/t17-,18+,19?/m1/s1. The minimum atomic E-state index is -0.814. The van der Waals surface area contributed by atoms with Crippen molar-refractivity contribution in [3.8, 4) is 11.1 Å². The molecule has 2 aliphatic carbocycles. The van der Waals surface area contributed by atoms with Gasteiger partial charge in [0.1, 0.15) is 6.61 Å². The van der Waals surface area contributed by atoms with E-state index in [4.69, 9.17) is 9.47 Å². The number of amides is 2. The summed E-state index contributed by atoms with van der Waals surface area (Å²) in [5.41, 5.74) is 4.60. The molecule has 1 fully saturated rings. The maximum Gasteiger partial charge on any atom is 0.407 e. The Morgan fingerprint density at radius 2 is 1.69 bits per heavy atom. The zero-order valence-corrected chi connectivity index (χ0v) is 19.9. The van der Waals surface area contributed by atoms with Crippen LogP contribution in [0.3, 0.4) is 0 Å². The molecule has 35 heavy (non-hydrogen) atoms. The SMILES string of the molecule is COC(CNC(=O)OCC1c2ccccc2-c2ccccc21)CC(=O)N[C@H]1CCC[C@@H](C(=O)O)C1. The van der Waals surface area contributed by atoms with Crippen LogP contribution < -0.4 is 10.6 Å². The Morgan fingerprint density at radius 1 is 1.03 bits per heavy atom. The molecule has 0 heterocycles. The van der Waals surface area contributed by atoms with Crippen molar-refractivity contribution in [2.45, 2.75) is 50.2 Å². The van der Waals surface area contributed by atoms with Crippen LogP contribution in [0.25, 0.3) is 11.1 Å². The first-order chi connectivity index (χ1) is 17.0. The first-order valence-electron chi connectivity index (χ1n) is 12.1. The molecule has 1 unspecified atom stereocenters. The Morgan fingerprint density at radius 3 is 2.31 bits per heavy atom. The second kappa shape index (κ2) is 11.4. The first kappa shape index (κ1) is 24.7. The zero-order valence-electron chi connectivity index (χ0n) is 19.9. The number of fused-ring (bicyclic) bond motifs is 3. The highest BCUT2D eigenvalue weighted by Gasteiger charge is 2.30. The molecular weight excluding hydrogens is 448 g/mol. The van der Waals surface area contributed by atoms with Gasteiger partial charge < -0.3 is 25.2 Å². The van der Waals surface area contributed by atoms with Crippen molar-refractivity contribution in [1.82, 2.24) is 10.6 Å². The fourth-order valence-corrected chi connectivity index (χ4v) is 5.12. The molecular formula is C27H32N2O6. The van der Waals surface area contributed by atoms with Crippen molar-refractivity contribution in [3.05, 3.63) is 59.7 Å². The van der Waals surface area contributed by atoms with Gasteiger partial charge >= 0.3 is 12.1 Å². The highest BCUT2D eigenvalue weighted by Crippen LogP contribution is 2.44. The Kier molecular flexibility index (Phi) is 8.02. The molecule has 4 rings (SSSR count). The predicted molar refractivity (Wildman–Crippen MR) is 130 cm³/mol. The Hall–Kier alpha value is -3.39. The number of carboxylic acid groups (broad SMARTS) is 1. The van der Waals surface area contributed by atoms with Crippen molar-refractivity contribution in [1.29, 1.82) is 0 Å². The maximum atomic E-state index is 12.5. The van der Waals surface area contributed by atoms with Gasteiger partial charge in [0.15, 0.2) is 0 Å². The number of hydrogen-bond donors (Lipinski definition) is 3. The number of carbonyl (C=O) groups is 3. The van der Waals surface area contributed by atoms with E-state index >= 15 is 0 Å². The topological polar surface area (TPSA) is 114 Å². The van der Waals surface area contributed by atoms with Crippen LogP contribution in [0.15, 0.2) is 48.5 Å². The maximum absolute atomic E-state index is 12.5. The summed E-state index contributed by atoms with van der Waals surface area (Å²) in [6, 6.07) is 16.1. The summed E-state index contributed by atoms with van der Waals surface area (Å²) in [5.74, 6) is -1.47. The van der Waals surface area contributed by atoms with Gasteiger partial charge in [0.2, 0.25) is 5.91 Å². The fourth-order valence-electron chi connectivity index (χ4n) is 5.12. The largest absolute Gasteiger partial charge is 0.481 e. The van der Waals surface area contributed by atoms with Gasteiger partial charge in [-0.25, -0.2) is 4.79 Å². The molecule has 0 saturated heterocycles. The molecule has 0 aliphatic heterocycles. The molecule has 0 radical (unpaired) electrons. The number of carboxylic acids is 1. The predicted octanol–water partition coefficient (Wildman–Crippen LogP) is 3.69. The van der Waals surface area contributed by atoms with Crippen molar-refractivity contribution in [2.24, 2.45) is 5.92 Å². The van der Waals surface area contributed by atoms with E-state index in [0.29, 0.717) is 12.8 Å². The monoisotopic (exact) mass is 480 g/mol. The molecule has 0 aromatic heterocycles. The molecule has 3 atom stereocenters. The number of aliphatic carboxylic acids is 1. The van der Waals surface area contributed by atoms with E-state index in [1.54, 1.807) is 0 Å². The van der Waals surface area contributed by atoms with E-state index in [0.717, 1.165) is 35.1 Å².